The van der Waals surface area contributed by atoms with Crippen LogP contribution in [0.3, 0.4) is 0 Å². The molecular weight excluding hydrogens is 94.0 g/mol. The summed E-state index contributed by atoms with van der Waals surface area (Å²) < 4.78 is 4.65. The van der Waals surface area contributed by atoms with Gasteiger partial charge in [0.2, 0.25) is 6.29 Å². The molecule has 0 amide bonds. The van der Waals surface area contributed by atoms with E-state index >= 15 is 0 Å². The number of oxime groups is 1. The van der Waals surface area contributed by atoms with E-state index in [9.17, 15) is 0 Å². The summed E-state index contributed by atoms with van der Waals surface area (Å²) in [6.45, 7) is 0. The third-order valence-corrected chi connectivity index (χ3v) is 0.634. The van der Waals surface area contributed by atoms with E-state index in [1.165, 1.54) is 13.3 Å². The minimum Gasteiger partial charge on any atom is -0.363 e. The van der Waals surface area contributed by atoms with E-state index < -0.39 is 0 Å². The van der Waals surface area contributed by atoms with Crippen molar-refractivity contribution in [3.05, 3.63) is 6.42 Å². The molecule has 0 saturated heterocycles. The molecule has 38 valence electrons. The van der Waals surface area contributed by atoms with Crippen LogP contribution in [0.2, 0.25) is 0 Å². The van der Waals surface area contributed by atoms with Crippen LogP contribution in [0, 0.1) is 6.42 Å². The highest BCUT2D eigenvalue weighted by molar-refractivity contribution is 5.68. The third-order valence-electron chi connectivity index (χ3n) is 0.634. The number of methoxy groups -OCH3 is 1. The molecule has 1 heterocycles. The molecular formula is C4H5NO2. The number of nitrogens with zero attached hydrogens (tertiary/aromatic N) is 1. The molecule has 1 aliphatic heterocycles. The lowest BCUT2D eigenvalue weighted by Crippen LogP contribution is -2.07. The van der Waals surface area contributed by atoms with Crippen molar-refractivity contribution in [3.8, 4) is 0 Å². The quantitative estimate of drug-likeness (QED) is 0.465. The maximum absolute atomic E-state index is 4.65. The van der Waals surface area contributed by atoms with Crippen LogP contribution in [0.25, 0.3) is 0 Å². The Hall–Kier alpha value is -0.570. The average Bonchev–Trinajstić information content (AvgIpc) is 2.14. The zero-order chi connectivity index (χ0) is 5.11. The van der Waals surface area contributed by atoms with E-state index in [0.29, 0.717) is 0 Å². The lowest BCUT2D eigenvalue weighted by molar-refractivity contribution is -0.0849. The van der Waals surface area contributed by atoms with Gasteiger partial charge in [0.25, 0.3) is 0 Å². The van der Waals surface area contributed by atoms with Gasteiger partial charge in [-0.15, -0.1) is 0 Å². The van der Waals surface area contributed by atoms with Crippen LogP contribution < -0.4 is 0 Å². The lowest BCUT2D eigenvalue weighted by atomic mass is 10.5. The van der Waals surface area contributed by atoms with Crippen LogP contribution in [-0.2, 0) is 9.57 Å². The number of ether oxygens (including phenoxy) is 1. The summed E-state index contributed by atoms with van der Waals surface area (Å²) in [6, 6.07) is 0. The smallest absolute Gasteiger partial charge is 0.239 e. The van der Waals surface area contributed by atoms with Gasteiger partial charge < -0.3 is 9.57 Å². The molecule has 0 saturated carbocycles. The van der Waals surface area contributed by atoms with Crippen molar-refractivity contribution in [1.82, 2.24) is 0 Å². The highest BCUT2D eigenvalue weighted by atomic mass is 16.8. The Labute approximate surface area is 41.9 Å². The van der Waals surface area contributed by atoms with Crippen LogP contribution in [0.5, 0.6) is 0 Å². The minimum atomic E-state index is -0.375. The van der Waals surface area contributed by atoms with Gasteiger partial charge in [0.1, 0.15) is 6.42 Å². The molecule has 1 unspecified atom stereocenters. The molecule has 0 aromatic carbocycles. The number of hydrogen-bond acceptors (Lipinski definition) is 3. The van der Waals surface area contributed by atoms with Crippen LogP contribution in [0.4, 0.5) is 0 Å². The molecule has 1 atom stereocenters. The fourth-order valence-electron chi connectivity index (χ4n) is 0.318. The van der Waals surface area contributed by atoms with Crippen molar-refractivity contribution in [2.24, 2.45) is 5.16 Å². The first-order chi connectivity index (χ1) is 3.43. The maximum atomic E-state index is 4.65. The standard InChI is InChI=1S/C4H5NO2/c1-6-4-2-3-5-7-4/h3-4H,1H3. The van der Waals surface area contributed by atoms with E-state index in [2.05, 4.69) is 21.2 Å². The molecule has 0 aromatic rings. The molecule has 0 N–H and O–H groups in total. The lowest BCUT2D eigenvalue weighted by Gasteiger charge is -2.00. The van der Waals surface area contributed by atoms with Gasteiger partial charge in [-0.05, 0) is 0 Å². The van der Waals surface area contributed by atoms with Gasteiger partial charge >= 0.3 is 0 Å². The fraction of sp³-hybridized carbons (Fsp3) is 0.500. The van der Waals surface area contributed by atoms with Gasteiger partial charge in [-0.2, -0.15) is 0 Å². The van der Waals surface area contributed by atoms with E-state index in [1.807, 2.05) is 0 Å². The van der Waals surface area contributed by atoms with Crippen molar-refractivity contribution < 1.29 is 9.57 Å². The third kappa shape index (κ3) is 0.899. The van der Waals surface area contributed by atoms with Crippen LogP contribution in [-0.4, -0.2) is 19.6 Å². The molecule has 0 aliphatic carbocycles. The van der Waals surface area contributed by atoms with Gasteiger partial charge in [-0.3, -0.25) is 0 Å². The van der Waals surface area contributed by atoms with E-state index in [1.54, 1.807) is 0 Å². The van der Waals surface area contributed by atoms with Gasteiger partial charge in [0.05, 0.1) is 6.21 Å². The molecule has 3 nitrogen and oxygen atoms in total. The summed E-state index contributed by atoms with van der Waals surface area (Å²) >= 11 is 0. The summed E-state index contributed by atoms with van der Waals surface area (Å²) in [4.78, 5) is 4.54. The first-order valence-electron chi connectivity index (χ1n) is 1.90. The highest BCUT2D eigenvalue weighted by Crippen LogP contribution is 2.01. The topological polar surface area (TPSA) is 30.8 Å². The van der Waals surface area contributed by atoms with E-state index in [4.69, 9.17) is 0 Å². The SMILES string of the molecule is COC1[C]C=NO1. The Morgan fingerprint density at radius 2 is 2.86 bits per heavy atom. The Balaban J connectivity index is 2.22. The second-order valence-electron chi connectivity index (χ2n) is 1.07. The van der Waals surface area contributed by atoms with Crippen molar-refractivity contribution in [2.45, 2.75) is 6.29 Å². The van der Waals surface area contributed by atoms with E-state index in [-0.39, 0.29) is 6.29 Å². The minimum absolute atomic E-state index is 0.375. The monoisotopic (exact) mass is 99.0 g/mol. The van der Waals surface area contributed by atoms with Crippen molar-refractivity contribution in [1.29, 1.82) is 0 Å². The molecule has 0 spiro atoms. The Bertz CT molecular complexity index is 73.8. The summed E-state index contributed by atoms with van der Waals surface area (Å²) in [5, 5.41) is 3.37. The largest absolute Gasteiger partial charge is 0.363 e. The predicted octanol–water partition coefficient (Wildman–Crippen LogP) is 0.0562. The first-order valence-corrected chi connectivity index (χ1v) is 1.90. The van der Waals surface area contributed by atoms with Gasteiger partial charge in [-0.1, -0.05) is 5.16 Å². The molecule has 3 heteroatoms. The van der Waals surface area contributed by atoms with Crippen LogP contribution >= 0.6 is 0 Å². The normalized spacial score (nSPS) is 27.9. The van der Waals surface area contributed by atoms with Gasteiger partial charge in [0.15, 0.2) is 0 Å². The number of rotatable bonds is 1. The highest BCUT2D eigenvalue weighted by Gasteiger charge is 2.10. The molecule has 2 radical (unpaired) electrons. The molecule has 1 aliphatic rings. The Morgan fingerprint density at radius 1 is 2.00 bits per heavy atom. The van der Waals surface area contributed by atoms with Gasteiger partial charge in [-0.25, -0.2) is 0 Å². The maximum Gasteiger partial charge on any atom is 0.239 e. The summed E-state index contributed by atoms with van der Waals surface area (Å²) in [5.41, 5.74) is 0. The van der Waals surface area contributed by atoms with Crippen LogP contribution in [0.1, 0.15) is 0 Å². The summed E-state index contributed by atoms with van der Waals surface area (Å²) in [7, 11) is 1.53. The second kappa shape index (κ2) is 1.93. The fourth-order valence-corrected chi connectivity index (χ4v) is 0.318. The van der Waals surface area contributed by atoms with Crippen LogP contribution in [0.15, 0.2) is 5.16 Å². The second-order valence-corrected chi connectivity index (χ2v) is 1.07. The number of hydrogen-bond donors (Lipinski definition) is 0. The summed E-state index contributed by atoms with van der Waals surface area (Å²) in [5.74, 6) is 0. The predicted molar refractivity (Wildman–Crippen MR) is 23.6 cm³/mol. The van der Waals surface area contributed by atoms with Crippen molar-refractivity contribution >= 4 is 6.21 Å². The zero-order valence-electron chi connectivity index (χ0n) is 3.92. The molecule has 0 bridgehead atoms. The van der Waals surface area contributed by atoms with Crippen molar-refractivity contribution in [3.63, 3.8) is 0 Å². The Kier molecular flexibility index (Phi) is 1.26. The molecule has 7 heavy (non-hydrogen) atoms. The summed E-state index contributed by atoms with van der Waals surface area (Å²) in [6.07, 6.45) is 3.73. The van der Waals surface area contributed by atoms with Gasteiger partial charge in [0, 0.05) is 7.11 Å². The van der Waals surface area contributed by atoms with E-state index in [0.717, 1.165) is 0 Å². The van der Waals surface area contributed by atoms with Crippen molar-refractivity contribution in [2.75, 3.05) is 7.11 Å². The first kappa shape index (κ1) is 4.59. The molecule has 1 rings (SSSR count). The average molecular weight is 99.1 g/mol. The zero-order valence-corrected chi connectivity index (χ0v) is 3.92. The Morgan fingerprint density at radius 3 is 3.14 bits per heavy atom. The molecule has 0 aromatic heterocycles. The molecule has 0 fully saturated rings.